The number of rotatable bonds is 2. The first-order valence-corrected chi connectivity index (χ1v) is 4.46. The van der Waals surface area contributed by atoms with Crippen LogP contribution in [0.15, 0.2) is 24.3 Å². The summed E-state index contributed by atoms with van der Waals surface area (Å²) in [6.07, 6.45) is 0.263. The van der Waals surface area contributed by atoms with Crippen molar-refractivity contribution in [2.45, 2.75) is 12.2 Å². The Bertz CT molecular complexity index is 367. The number of benzene rings is 1. The van der Waals surface area contributed by atoms with Crippen molar-refractivity contribution in [3.05, 3.63) is 35.4 Å². The largest absolute Gasteiger partial charge is 0.349 e. The van der Waals surface area contributed by atoms with E-state index in [0.717, 1.165) is 5.56 Å². The van der Waals surface area contributed by atoms with E-state index in [1.807, 2.05) is 18.2 Å². The number of Topliss-reactive ketones (excluding diaryl/α,β-unsaturated/α-hetero) is 1. The maximum atomic E-state index is 11.6. The first-order valence-electron chi connectivity index (χ1n) is 4.46. The highest BCUT2D eigenvalue weighted by molar-refractivity contribution is 6.01. The van der Waals surface area contributed by atoms with E-state index in [2.05, 4.69) is 0 Å². The molecule has 0 radical (unpaired) electrons. The Hall–Kier alpha value is -1.19. The minimum atomic E-state index is -0.867. The van der Waals surface area contributed by atoms with Crippen molar-refractivity contribution in [3.63, 3.8) is 0 Å². The Labute approximate surface area is 82.6 Å². The number of ether oxygens (including phenoxy) is 2. The first-order chi connectivity index (χ1) is 6.73. The fraction of sp³-hybridized carbons (Fsp3) is 0.364. The van der Waals surface area contributed by atoms with Gasteiger partial charge in [0.05, 0.1) is 6.42 Å². The van der Waals surface area contributed by atoms with Crippen LogP contribution in [0.5, 0.6) is 0 Å². The van der Waals surface area contributed by atoms with Crippen molar-refractivity contribution < 1.29 is 14.3 Å². The Morgan fingerprint density at radius 1 is 1.21 bits per heavy atom. The van der Waals surface area contributed by atoms with Gasteiger partial charge in [-0.3, -0.25) is 4.79 Å². The first kappa shape index (κ1) is 9.37. The van der Waals surface area contributed by atoms with Crippen LogP contribution in [0.3, 0.4) is 0 Å². The zero-order valence-electron chi connectivity index (χ0n) is 8.24. The van der Waals surface area contributed by atoms with E-state index in [4.69, 9.17) is 9.47 Å². The molecule has 0 atom stereocenters. The van der Waals surface area contributed by atoms with Gasteiger partial charge in [-0.05, 0) is 0 Å². The van der Waals surface area contributed by atoms with E-state index in [1.165, 1.54) is 0 Å². The van der Waals surface area contributed by atoms with Gasteiger partial charge in [0.2, 0.25) is 5.79 Å². The zero-order chi connectivity index (χ0) is 10.2. The van der Waals surface area contributed by atoms with Gasteiger partial charge >= 0.3 is 0 Å². The van der Waals surface area contributed by atoms with Crippen molar-refractivity contribution in [1.82, 2.24) is 0 Å². The molecule has 0 aromatic heterocycles. The number of carbonyl (C=O) groups excluding carboxylic acids is 1. The average Bonchev–Trinajstić information content (AvgIpc) is 2.53. The van der Waals surface area contributed by atoms with Crippen molar-refractivity contribution in [2.75, 3.05) is 14.2 Å². The Kier molecular flexibility index (Phi) is 2.13. The molecule has 0 saturated carbocycles. The van der Waals surface area contributed by atoms with E-state index in [1.54, 1.807) is 20.3 Å². The van der Waals surface area contributed by atoms with Gasteiger partial charge in [0.15, 0.2) is 5.78 Å². The minimum Gasteiger partial charge on any atom is -0.349 e. The van der Waals surface area contributed by atoms with Crippen LogP contribution in [0.4, 0.5) is 0 Å². The highest BCUT2D eigenvalue weighted by atomic mass is 16.7. The maximum Gasteiger partial charge on any atom is 0.202 e. The third kappa shape index (κ3) is 1.10. The summed E-state index contributed by atoms with van der Waals surface area (Å²) in [6, 6.07) is 7.40. The lowest BCUT2D eigenvalue weighted by atomic mass is 10.1. The van der Waals surface area contributed by atoms with Gasteiger partial charge in [-0.25, -0.2) is 0 Å². The quantitative estimate of drug-likeness (QED) is 0.669. The average molecular weight is 192 g/mol. The molecule has 1 aromatic rings. The number of carbonyl (C=O) groups is 1. The maximum absolute atomic E-state index is 11.6. The van der Waals surface area contributed by atoms with Crippen LogP contribution >= 0.6 is 0 Å². The topological polar surface area (TPSA) is 35.5 Å². The number of fused-ring (bicyclic) bond motifs is 1. The third-order valence-corrected chi connectivity index (χ3v) is 2.69. The summed E-state index contributed by atoms with van der Waals surface area (Å²) >= 11 is 0. The van der Waals surface area contributed by atoms with Crippen LogP contribution in [0.2, 0.25) is 0 Å². The van der Waals surface area contributed by atoms with Crippen LogP contribution in [0.25, 0.3) is 0 Å². The molecule has 1 aliphatic rings. The number of hydrogen-bond donors (Lipinski definition) is 0. The van der Waals surface area contributed by atoms with Gasteiger partial charge in [-0.1, -0.05) is 24.3 Å². The van der Waals surface area contributed by atoms with Crippen LogP contribution < -0.4 is 0 Å². The van der Waals surface area contributed by atoms with Crippen LogP contribution in [0.1, 0.15) is 22.3 Å². The summed E-state index contributed by atoms with van der Waals surface area (Å²) < 4.78 is 10.6. The lowest BCUT2D eigenvalue weighted by molar-refractivity contribution is -0.208. The van der Waals surface area contributed by atoms with Gasteiger partial charge in [0.25, 0.3) is 0 Å². The minimum absolute atomic E-state index is 0.0734. The highest BCUT2D eigenvalue weighted by Gasteiger charge is 2.43. The van der Waals surface area contributed by atoms with Crippen LogP contribution in [-0.2, 0) is 15.3 Å². The molecule has 74 valence electrons. The molecule has 0 aliphatic heterocycles. The van der Waals surface area contributed by atoms with Gasteiger partial charge in [0.1, 0.15) is 0 Å². The Morgan fingerprint density at radius 3 is 2.50 bits per heavy atom. The predicted molar refractivity (Wildman–Crippen MR) is 51.1 cm³/mol. The molecule has 3 heteroatoms. The van der Waals surface area contributed by atoms with E-state index >= 15 is 0 Å². The van der Waals surface area contributed by atoms with E-state index in [0.29, 0.717) is 5.56 Å². The lowest BCUT2D eigenvalue weighted by Gasteiger charge is -2.25. The number of ketones is 1. The van der Waals surface area contributed by atoms with Crippen LogP contribution in [0, 0.1) is 0 Å². The summed E-state index contributed by atoms with van der Waals surface area (Å²) in [5.74, 6) is -0.794. The smallest absolute Gasteiger partial charge is 0.202 e. The van der Waals surface area contributed by atoms with Crippen molar-refractivity contribution in [3.8, 4) is 0 Å². The number of hydrogen-bond acceptors (Lipinski definition) is 3. The zero-order valence-corrected chi connectivity index (χ0v) is 8.24. The predicted octanol–water partition coefficient (Wildman–Crippen LogP) is 1.72. The van der Waals surface area contributed by atoms with Gasteiger partial charge in [-0.15, -0.1) is 0 Å². The van der Waals surface area contributed by atoms with Crippen molar-refractivity contribution in [1.29, 1.82) is 0 Å². The molecule has 0 unspecified atom stereocenters. The summed E-state index contributed by atoms with van der Waals surface area (Å²) in [4.78, 5) is 11.6. The fourth-order valence-corrected chi connectivity index (χ4v) is 1.91. The monoisotopic (exact) mass is 192 g/mol. The Morgan fingerprint density at radius 2 is 1.86 bits per heavy atom. The molecule has 3 nitrogen and oxygen atoms in total. The fourth-order valence-electron chi connectivity index (χ4n) is 1.91. The molecular formula is C11H12O3. The second-order valence-corrected chi connectivity index (χ2v) is 3.31. The molecular weight excluding hydrogens is 180 g/mol. The van der Waals surface area contributed by atoms with Crippen LogP contribution in [-0.4, -0.2) is 20.0 Å². The van der Waals surface area contributed by atoms with Crippen molar-refractivity contribution >= 4 is 5.78 Å². The summed E-state index contributed by atoms with van der Waals surface area (Å²) in [5, 5.41) is 0. The summed E-state index contributed by atoms with van der Waals surface area (Å²) in [7, 11) is 3.11. The molecule has 0 saturated heterocycles. The summed E-state index contributed by atoms with van der Waals surface area (Å²) in [5.41, 5.74) is 1.53. The third-order valence-electron chi connectivity index (χ3n) is 2.69. The summed E-state index contributed by atoms with van der Waals surface area (Å²) in [6.45, 7) is 0. The highest BCUT2D eigenvalue weighted by Crippen LogP contribution is 2.39. The van der Waals surface area contributed by atoms with Gasteiger partial charge in [0, 0.05) is 25.3 Å². The molecule has 2 rings (SSSR count). The second kappa shape index (κ2) is 3.19. The molecule has 1 aromatic carbocycles. The molecule has 0 bridgehead atoms. The van der Waals surface area contributed by atoms with E-state index in [-0.39, 0.29) is 12.2 Å². The Balaban J connectivity index is 2.58. The standard InChI is InChI=1S/C11H12O3/c1-13-11(14-2)7-10(12)8-5-3-4-6-9(8)11/h3-6H,7H2,1-2H3. The number of methoxy groups -OCH3 is 2. The second-order valence-electron chi connectivity index (χ2n) is 3.31. The van der Waals surface area contributed by atoms with E-state index in [9.17, 15) is 4.79 Å². The molecule has 0 heterocycles. The van der Waals surface area contributed by atoms with Gasteiger partial charge < -0.3 is 9.47 Å². The molecule has 0 amide bonds. The van der Waals surface area contributed by atoms with Gasteiger partial charge in [-0.2, -0.15) is 0 Å². The molecule has 0 spiro atoms. The molecule has 0 fully saturated rings. The molecule has 0 N–H and O–H groups in total. The normalized spacial score (nSPS) is 18.3. The lowest BCUT2D eigenvalue weighted by Crippen LogP contribution is -2.28. The molecule has 14 heavy (non-hydrogen) atoms. The van der Waals surface area contributed by atoms with E-state index < -0.39 is 5.79 Å². The molecule has 1 aliphatic carbocycles. The SMILES string of the molecule is COC1(OC)CC(=O)c2ccccc21. The van der Waals surface area contributed by atoms with Crippen molar-refractivity contribution in [2.24, 2.45) is 0 Å².